The maximum Gasteiger partial charge on any atom is 0.328 e. The fourth-order valence-corrected chi connectivity index (χ4v) is 3.57. The summed E-state index contributed by atoms with van der Waals surface area (Å²) in [5.41, 5.74) is 4.07. The summed E-state index contributed by atoms with van der Waals surface area (Å²) in [7, 11) is 5.66. The van der Waals surface area contributed by atoms with E-state index >= 15 is 0 Å². The van der Waals surface area contributed by atoms with E-state index in [0.717, 1.165) is 47.8 Å². The predicted molar refractivity (Wildman–Crippen MR) is 142 cm³/mol. The number of nitrogens with one attached hydrogen (secondary N) is 2. The van der Waals surface area contributed by atoms with E-state index in [1.54, 1.807) is 25.4 Å². The predicted octanol–water partition coefficient (Wildman–Crippen LogP) is 5.32. The van der Waals surface area contributed by atoms with Gasteiger partial charge in [0.05, 0.1) is 12.8 Å². The van der Waals surface area contributed by atoms with Crippen LogP contribution in [0.1, 0.15) is 17.5 Å². The lowest BCUT2D eigenvalue weighted by Gasteiger charge is -2.16. The Hall–Kier alpha value is -3.62. The van der Waals surface area contributed by atoms with Gasteiger partial charge in [0, 0.05) is 35.5 Å². The first-order valence-electron chi connectivity index (χ1n) is 11.1. The van der Waals surface area contributed by atoms with Gasteiger partial charge in [-0.05, 0) is 68.9 Å². The molecule has 3 rings (SSSR count). The van der Waals surface area contributed by atoms with Gasteiger partial charge in [-0.25, -0.2) is 9.78 Å². The van der Waals surface area contributed by atoms with Gasteiger partial charge in [-0.3, -0.25) is 0 Å². The van der Waals surface area contributed by atoms with Crippen molar-refractivity contribution in [2.24, 2.45) is 0 Å². The zero-order valence-corrected chi connectivity index (χ0v) is 21.1. The van der Waals surface area contributed by atoms with Crippen LogP contribution in [0, 0.1) is 6.92 Å². The standard InChI is InChI=1S/C26H30ClN5O3/c1-17-13-22(23(35-4)15-21(17)27)30-26-29-16-20(25(31-26)28-11-6-12-32(2)3)19-8-5-7-18(14-19)9-10-24(33)34/h5,7-10,13-16H,6,11-12H2,1-4H3,(H,33,34)(H2,28,29,30,31). The van der Waals surface area contributed by atoms with Gasteiger partial charge in [0.25, 0.3) is 0 Å². The third-order valence-corrected chi connectivity index (χ3v) is 5.61. The van der Waals surface area contributed by atoms with Crippen LogP contribution in [-0.2, 0) is 4.79 Å². The minimum Gasteiger partial charge on any atom is -0.495 e. The molecule has 1 aromatic heterocycles. The SMILES string of the molecule is COc1cc(Cl)c(C)cc1Nc1ncc(-c2cccc(C=CC(=O)O)c2)c(NCCCN(C)C)n1. The molecule has 0 atom stereocenters. The average molecular weight is 496 g/mol. The van der Waals surface area contributed by atoms with Crippen molar-refractivity contribution in [2.75, 3.05) is 44.9 Å². The lowest BCUT2D eigenvalue weighted by molar-refractivity contribution is -0.131. The molecule has 8 nitrogen and oxygen atoms in total. The zero-order valence-electron chi connectivity index (χ0n) is 20.3. The Morgan fingerprint density at radius 1 is 1.26 bits per heavy atom. The van der Waals surface area contributed by atoms with E-state index in [1.807, 2.05) is 51.4 Å². The Morgan fingerprint density at radius 3 is 2.77 bits per heavy atom. The molecule has 0 fully saturated rings. The Balaban J connectivity index is 1.95. The highest BCUT2D eigenvalue weighted by Gasteiger charge is 2.13. The molecule has 3 N–H and O–H groups in total. The van der Waals surface area contributed by atoms with Crippen molar-refractivity contribution >= 4 is 41.1 Å². The monoisotopic (exact) mass is 495 g/mol. The van der Waals surface area contributed by atoms with E-state index in [9.17, 15) is 4.79 Å². The summed E-state index contributed by atoms with van der Waals surface area (Å²) >= 11 is 6.24. The largest absolute Gasteiger partial charge is 0.495 e. The lowest BCUT2D eigenvalue weighted by Crippen LogP contribution is -2.17. The molecule has 0 bridgehead atoms. The summed E-state index contributed by atoms with van der Waals surface area (Å²) in [6, 6.07) is 11.2. The number of carboxylic acids is 1. The second-order valence-corrected chi connectivity index (χ2v) is 8.67. The third-order valence-electron chi connectivity index (χ3n) is 5.21. The van der Waals surface area contributed by atoms with Crippen LogP contribution in [0.15, 0.2) is 48.7 Å². The number of rotatable bonds is 11. The number of ether oxygens (including phenoxy) is 1. The van der Waals surface area contributed by atoms with Crippen molar-refractivity contribution in [1.29, 1.82) is 0 Å². The van der Waals surface area contributed by atoms with Gasteiger partial charge < -0.3 is 25.4 Å². The summed E-state index contributed by atoms with van der Waals surface area (Å²) in [6.07, 6.45) is 5.36. The molecule has 0 radical (unpaired) electrons. The number of nitrogens with zero attached hydrogens (tertiary/aromatic N) is 3. The van der Waals surface area contributed by atoms with Crippen LogP contribution < -0.4 is 15.4 Å². The van der Waals surface area contributed by atoms with Crippen LogP contribution in [-0.4, -0.2) is 60.2 Å². The van der Waals surface area contributed by atoms with Gasteiger partial charge >= 0.3 is 5.97 Å². The number of halogens is 1. The van der Waals surface area contributed by atoms with Crippen LogP contribution in [0.2, 0.25) is 5.02 Å². The molecular weight excluding hydrogens is 466 g/mol. The first-order valence-corrected chi connectivity index (χ1v) is 11.5. The number of aryl methyl sites for hydroxylation is 1. The maximum absolute atomic E-state index is 10.9. The van der Waals surface area contributed by atoms with E-state index in [-0.39, 0.29) is 0 Å². The topological polar surface area (TPSA) is 99.6 Å². The summed E-state index contributed by atoms with van der Waals surface area (Å²) in [6.45, 7) is 3.58. The van der Waals surface area contributed by atoms with Crippen molar-refractivity contribution in [3.8, 4) is 16.9 Å². The lowest BCUT2D eigenvalue weighted by atomic mass is 10.0. The maximum atomic E-state index is 10.9. The molecule has 35 heavy (non-hydrogen) atoms. The summed E-state index contributed by atoms with van der Waals surface area (Å²) < 4.78 is 5.46. The number of aliphatic carboxylic acids is 1. The molecule has 0 aliphatic heterocycles. The van der Waals surface area contributed by atoms with E-state index < -0.39 is 5.97 Å². The normalized spacial score (nSPS) is 11.1. The highest BCUT2D eigenvalue weighted by Crippen LogP contribution is 2.34. The number of benzene rings is 2. The van der Waals surface area contributed by atoms with E-state index in [1.165, 1.54) is 0 Å². The number of hydrogen-bond acceptors (Lipinski definition) is 7. The van der Waals surface area contributed by atoms with Crippen molar-refractivity contribution in [1.82, 2.24) is 14.9 Å². The zero-order chi connectivity index (χ0) is 25.4. The number of carbonyl (C=O) groups is 1. The molecule has 0 amide bonds. The molecule has 184 valence electrons. The van der Waals surface area contributed by atoms with Gasteiger partial charge in [-0.1, -0.05) is 29.8 Å². The Morgan fingerprint density at radius 2 is 2.06 bits per heavy atom. The summed E-state index contributed by atoms with van der Waals surface area (Å²) in [4.78, 5) is 22.3. The van der Waals surface area contributed by atoms with Crippen LogP contribution >= 0.6 is 11.6 Å². The van der Waals surface area contributed by atoms with Crippen molar-refractivity contribution in [2.45, 2.75) is 13.3 Å². The Bertz CT molecular complexity index is 1210. The highest BCUT2D eigenvalue weighted by molar-refractivity contribution is 6.31. The molecule has 0 spiro atoms. The van der Waals surface area contributed by atoms with Crippen LogP contribution in [0.5, 0.6) is 5.75 Å². The van der Waals surface area contributed by atoms with Crippen molar-refractivity contribution in [3.63, 3.8) is 0 Å². The first kappa shape index (κ1) is 26.0. The average Bonchev–Trinajstić information content (AvgIpc) is 2.83. The molecule has 9 heteroatoms. The summed E-state index contributed by atoms with van der Waals surface area (Å²) in [5, 5.41) is 16.2. The minimum absolute atomic E-state index is 0.408. The molecule has 0 aliphatic rings. The number of anilines is 3. The fraction of sp³-hybridized carbons (Fsp3) is 0.269. The van der Waals surface area contributed by atoms with Gasteiger partial charge in [0.1, 0.15) is 11.6 Å². The quantitative estimate of drug-likeness (QED) is 0.243. The second kappa shape index (κ2) is 12.2. The highest BCUT2D eigenvalue weighted by atomic mass is 35.5. The van der Waals surface area contributed by atoms with Crippen LogP contribution in [0.4, 0.5) is 17.5 Å². The number of carboxylic acid groups (broad SMARTS) is 1. The van der Waals surface area contributed by atoms with Crippen LogP contribution in [0.25, 0.3) is 17.2 Å². The summed E-state index contributed by atoms with van der Waals surface area (Å²) in [5.74, 6) is 0.674. The second-order valence-electron chi connectivity index (χ2n) is 8.26. The van der Waals surface area contributed by atoms with Crippen molar-refractivity contribution in [3.05, 3.63) is 64.8 Å². The number of methoxy groups -OCH3 is 1. The molecule has 0 aliphatic carbocycles. The smallest absolute Gasteiger partial charge is 0.328 e. The van der Waals surface area contributed by atoms with Crippen molar-refractivity contribution < 1.29 is 14.6 Å². The van der Waals surface area contributed by atoms with E-state index in [2.05, 4.69) is 20.5 Å². The van der Waals surface area contributed by atoms with Gasteiger partial charge in [-0.2, -0.15) is 4.98 Å². The molecular formula is C26H30ClN5O3. The molecule has 3 aromatic rings. The molecule has 0 saturated heterocycles. The Labute approximate surface area is 210 Å². The van der Waals surface area contributed by atoms with Gasteiger partial charge in [-0.15, -0.1) is 0 Å². The molecule has 1 heterocycles. The number of hydrogen-bond donors (Lipinski definition) is 3. The minimum atomic E-state index is -0.995. The third kappa shape index (κ3) is 7.43. The van der Waals surface area contributed by atoms with Gasteiger partial charge in [0.2, 0.25) is 5.95 Å². The number of aromatic nitrogens is 2. The molecule has 2 aromatic carbocycles. The Kier molecular flexibility index (Phi) is 9.05. The first-order chi connectivity index (χ1) is 16.8. The van der Waals surface area contributed by atoms with E-state index in [4.69, 9.17) is 26.4 Å². The van der Waals surface area contributed by atoms with Gasteiger partial charge in [0.15, 0.2) is 0 Å². The molecule has 0 unspecified atom stereocenters. The molecule has 0 saturated carbocycles. The fourth-order valence-electron chi connectivity index (χ4n) is 3.42. The van der Waals surface area contributed by atoms with E-state index in [0.29, 0.717) is 28.2 Å². The van der Waals surface area contributed by atoms with Crippen LogP contribution in [0.3, 0.4) is 0 Å².